The van der Waals surface area contributed by atoms with Gasteiger partial charge in [0.05, 0.1) is 11.2 Å². The average molecular weight is 315 g/mol. The van der Waals surface area contributed by atoms with E-state index in [1.165, 1.54) is 34.7 Å². The zero-order chi connectivity index (χ0) is 14.9. The van der Waals surface area contributed by atoms with Crippen molar-refractivity contribution < 1.29 is 0 Å². The number of aryl methyl sites for hydroxylation is 2. The first-order valence-electron chi connectivity index (χ1n) is 8.00. The molecule has 0 amide bonds. The van der Waals surface area contributed by atoms with E-state index in [4.69, 9.17) is 0 Å². The lowest BCUT2D eigenvalue weighted by Gasteiger charge is -2.17. The van der Waals surface area contributed by atoms with Crippen molar-refractivity contribution in [2.45, 2.75) is 45.2 Å². The van der Waals surface area contributed by atoms with Crippen LogP contribution in [0.5, 0.6) is 0 Å². The monoisotopic (exact) mass is 315 g/mol. The Kier molecular flexibility index (Phi) is 3.80. The quantitative estimate of drug-likeness (QED) is 0.939. The highest BCUT2D eigenvalue weighted by molar-refractivity contribution is 7.09. The van der Waals surface area contributed by atoms with E-state index < -0.39 is 0 Å². The summed E-state index contributed by atoms with van der Waals surface area (Å²) >= 11 is 1.76. The molecule has 2 aromatic heterocycles. The molecule has 6 heteroatoms. The largest absolute Gasteiger partial charge is 0.366 e. The number of aromatic nitrogens is 3. The van der Waals surface area contributed by atoms with Crippen LogP contribution in [0.4, 0.5) is 5.82 Å². The number of hydrogen-bond donors (Lipinski definition) is 1. The van der Waals surface area contributed by atoms with E-state index in [9.17, 15) is 0 Å². The van der Waals surface area contributed by atoms with Gasteiger partial charge in [-0.3, -0.25) is 4.90 Å². The second kappa shape index (κ2) is 5.93. The Bertz CT molecular complexity index is 668. The van der Waals surface area contributed by atoms with Crippen molar-refractivity contribution in [3.8, 4) is 0 Å². The summed E-state index contributed by atoms with van der Waals surface area (Å²) in [5.74, 6) is 1.07. The lowest BCUT2D eigenvalue weighted by Crippen LogP contribution is -2.26. The van der Waals surface area contributed by atoms with Crippen molar-refractivity contribution in [3.63, 3.8) is 0 Å². The van der Waals surface area contributed by atoms with Gasteiger partial charge in [0.2, 0.25) is 0 Å². The third-order valence-electron chi connectivity index (χ3n) is 4.70. The number of anilines is 1. The number of fused-ring (bicyclic) bond motifs is 1. The Hall–Kier alpha value is -1.53. The highest BCUT2D eigenvalue weighted by Crippen LogP contribution is 2.27. The zero-order valence-corrected chi connectivity index (χ0v) is 13.7. The molecule has 2 aromatic rings. The van der Waals surface area contributed by atoms with Gasteiger partial charge in [-0.15, -0.1) is 11.3 Å². The maximum absolute atomic E-state index is 4.48. The van der Waals surface area contributed by atoms with E-state index in [2.05, 4.69) is 32.1 Å². The summed E-state index contributed by atoms with van der Waals surface area (Å²) < 4.78 is 0. The van der Waals surface area contributed by atoms with Crippen molar-refractivity contribution in [3.05, 3.63) is 33.7 Å². The van der Waals surface area contributed by atoms with E-state index >= 15 is 0 Å². The van der Waals surface area contributed by atoms with E-state index in [0.717, 1.165) is 38.3 Å². The Balaban J connectivity index is 1.39. The topological polar surface area (TPSA) is 53.9 Å². The molecule has 0 aromatic carbocycles. The lowest BCUT2D eigenvalue weighted by atomic mass is 10.2. The van der Waals surface area contributed by atoms with Gasteiger partial charge in [0.1, 0.15) is 12.1 Å². The van der Waals surface area contributed by atoms with Crippen LogP contribution >= 0.6 is 11.3 Å². The molecule has 5 nitrogen and oxygen atoms in total. The minimum absolute atomic E-state index is 0.493. The molecule has 4 rings (SSSR count). The molecule has 1 saturated heterocycles. The molecule has 0 spiro atoms. The predicted molar refractivity (Wildman–Crippen MR) is 88.2 cm³/mol. The molecule has 0 radical (unpaired) electrons. The van der Waals surface area contributed by atoms with Gasteiger partial charge in [0.25, 0.3) is 0 Å². The SMILES string of the molecule is Cc1ncsc1CN1CCC(Nc2ncnc3c2CCC3)C1. The Morgan fingerprint density at radius 3 is 3.14 bits per heavy atom. The van der Waals surface area contributed by atoms with Crippen molar-refractivity contribution in [1.29, 1.82) is 0 Å². The van der Waals surface area contributed by atoms with Crippen LogP contribution in [0.15, 0.2) is 11.8 Å². The van der Waals surface area contributed by atoms with Crippen LogP contribution in [0.3, 0.4) is 0 Å². The highest BCUT2D eigenvalue weighted by Gasteiger charge is 2.25. The maximum Gasteiger partial charge on any atom is 0.133 e. The smallest absolute Gasteiger partial charge is 0.133 e. The molecule has 3 heterocycles. The fourth-order valence-corrected chi connectivity index (χ4v) is 4.27. The van der Waals surface area contributed by atoms with Crippen molar-refractivity contribution in [2.24, 2.45) is 0 Å². The minimum atomic E-state index is 0.493. The molecule has 1 aliphatic heterocycles. The number of nitrogens with one attached hydrogen (secondary N) is 1. The molecule has 1 aliphatic carbocycles. The maximum atomic E-state index is 4.48. The van der Waals surface area contributed by atoms with Crippen LogP contribution in [-0.2, 0) is 19.4 Å². The van der Waals surface area contributed by atoms with Gasteiger partial charge in [-0.05, 0) is 32.6 Å². The van der Waals surface area contributed by atoms with Crippen molar-refractivity contribution in [2.75, 3.05) is 18.4 Å². The number of thiazole rings is 1. The second-order valence-electron chi connectivity index (χ2n) is 6.23. The first-order chi connectivity index (χ1) is 10.8. The molecule has 0 saturated carbocycles. The molecule has 116 valence electrons. The number of hydrogen-bond acceptors (Lipinski definition) is 6. The number of likely N-dealkylation sites (tertiary alicyclic amines) is 1. The third kappa shape index (κ3) is 2.73. The van der Waals surface area contributed by atoms with Gasteiger partial charge >= 0.3 is 0 Å². The third-order valence-corrected chi connectivity index (χ3v) is 5.62. The summed E-state index contributed by atoms with van der Waals surface area (Å²) in [5, 5.41) is 3.66. The summed E-state index contributed by atoms with van der Waals surface area (Å²) in [6, 6.07) is 0.493. The van der Waals surface area contributed by atoms with Gasteiger partial charge < -0.3 is 5.32 Å². The van der Waals surface area contributed by atoms with E-state index in [1.54, 1.807) is 17.7 Å². The van der Waals surface area contributed by atoms with Gasteiger partial charge in [0.15, 0.2) is 0 Å². The van der Waals surface area contributed by atoms with Gasteiger partial charge in [-0.2, -0.15) is 0 Å². The van der Waals surface area contributed by atoms with E-state index in [1.807, 2.05) is 5.51 Å². The summed E-state index contributed by atoms with van der Waals surface area (Å²) in [6.07, 6.45) is 6.32. The van der Waals surface area contributed by atoms with Crippen LogP contribution in [0, 0.1) is 6.92 Å². The first kappa shape index (κ1) is 14.1. The lowest BCUT2D eigenvalue weighted by molar-refractivity contribution is 0.330. The first-order valence-corrected chi connectivity index (χ1v) is 8.88. The normalized spacial score (nSPS) is 21.2. The molecule has 1 fully saturated rings. The molecule has 1 atom stereocenters. The van der Waals surface area contributed by atoms with Crippen molar-refractivity contribution >= 4 is 17.2 Å². The van der Waals surface area contributed by atoms with Crippen LogP contribution < -0.4 is 5.32 Å². The minimum Gasteiger partial charge on any atom is -0.366 e. The fraction of sp³-hybridized carbons (Fsp3) is 0.562. The van der Waals surface area contributed by atoms with Crippen LogP contribution in [-0.4, -0.2) is 39.0 Å². The molecular weight excluding hydrogens is 294 g/mol. The standard InChI is InChI=1S/C16H21N5S/c1-11-15(22-10-19-11)8-21-6-5-12(7-21)20-16-13-3-2-4-14(13)17-9-18-16/h9-10,12H,2-8H2,1H3,(H,17,18,20). The molecule has 1 unspecified atom stereocenters. The predicted octanol–water partition coefficient (Wildman–Crippen LogP) is 2.42. The summed E-state index contributed by atoms with van der Waals surface area (Å²) in [7, 11) is 0. The van der Waals surface area contributed by atoms with Gasteiger partial charge in [-0.25, -0.2) is 15.0 Å². The second-order valence-corrected chi connectivity index (χ2v) is 7.17. The Morgan fingerprint density at radius 1 is 1.32 bits per heavy atom. The average Bonchev–Trinajstić information content (AvgIpc) is 3.22. The van der Waals surface area contributed by atoms with E-state index in [-0.39, 0.29) is 0 Å². The molecule has 22 heavy (non-hydrogen) atoms. The summed E-state index contributed by atoms with van der Waals surface area (Å²) in [6.45, 7) is 5.34. The Labute approximate surface area is 134 Å². The molecule has 0 bridgehead atoms. The van der Waals surface area contributed by atoms with Gasteiger partial charge in [0, 0.05) is 41.8 Å². The fourth-order valence-electron chi connectivity index (χ4n) is 3.45. The summed E-state index contributed by atoms with van der Waals surface area (Å²) in [5.41, 5.74) is 5.71. The molecule has 1 N–H and O–H groups in total. The van der Waals surface area contributed by atoms with Crippen LogP contribution in [0.25, 0.3) is 0 Å². The highest BCUT2D eigenvalue weighted by atomic mass is 32.1. The van der Waals surface area contributed by atoms with Gasteiger partial charge in [-0.1, -0.05) is 0 Å². The Morgan fingerprint density at radius 2 is 2.27 bits per heavy atom. The van der Waals surface area contributed by atoms with Crippen molar-refractivity contribution in [1.82, 2.24) is 19.9 Å². The van der Waals surface area contributed by atoms with Crippen LogP contribution in [0.1, 0.15) is 34.7 Å². The van der Waals surface area contributed by atoms with E-state index in [0.29, 0.717) is 6.04 Å². The van der Waals surface area contributed by atoms with Crippen LogP contribution in [0.2, 0.25) is 0 Å². The number of nitrogens with zero attached hydrogens (tertiary/aromatic N) is 4. The zero-order valence-electron chi connectivity index (χ0n) is 12.9. The molecule has 2 aliphatic rings. The number of rotatable bonds is 4. The summed E-state index contributed by atoms with van der Waals surface area (Å²) in [4.78, 5) is 17.1. The molecular formula is C16H21N5S.